The zero-order valence-electron chi connectivity index (χ0n) is 21.4. The van der Waals surface area contributed by atoms with Crippen LogP contribution in [0, 0.1) is 29.4 Å². The first-order valence-electron chi connectivity index (χ1n) is 14.1. The summed E-state index contributed by atoms with van der Waals surface area (Å²) in [6.45, 7) is 4.24. The number of halogens is 2. The number of rotatable bonds is 9. The molecule has 186 valence electrons. The van der Waals surface area contributed by atoms with E-state index in [4.69, 9.17) is 0 Å². The molecule has 0 N–H and O–H groups in total. The molecule has 2 aliphatic rings. The van der Waals surface area contributed by atoms with E-state index in [0.29, 0.717) is 29.9 Å². The molecule has 4 rings (SSSR count). The van der Waals surface area contributed by atoms with Gasteiger partial charge in [0.25, 0.3) is 0 Å². The second-order valence-electron chi connectivity index (χ2n) is 11.2. The monoisotopic (exact) mass is 466 g/mol. The minimum atomic E-state index is -0.615. The highest BCUT2D eigenvalue weighted by atomic mass is 19.2. The van der Waals surface area contributed by atoms with E-state index < -0.39 is 11.6 Å². The highest BCUT2D eigenvalue weighted by Gasteiger charge is 2.31. The zero-order chi connectivity index (χ0) is 23.9. The largest absolute Gasteiger partial charge is 0.203 e. The van der Waals surface area contributed by atoms with E-state index in [0.717, 1.165) is 30.6 Å². The van der Waals surface area contributed by atoms with E-state index in [1.165, 1.54) is 69.8 Å². The maximum atomic E-state index is 14.5. The Balaban J connectivity index is 1.20. The fourth-order valence-electron chi connectivity index (χ4n) is 6.76. The third kappa shape index (κ3) is 6.29. The van der Waals surface area contributed by atoms with Crippen LogP contribution >= 0.6 is 0 Å². The lowest BCUT2D eigenvalue weighted by Gasteiger charge is -2.38. The topological polar surface area (TPSA) is 0 Å². The predicted molar refractivity (Wildman–Crippen MR) is 139 cm³/mol. The summed E-state index contributed by atoms with van der Waals surface area (Å²) in [6, 6.07) is 13.1. The van der Waals surface area contributed by atoms with Crippen molar-refractivity contribution in [2.45, 2.75) is 110 Å². The van der Waals surface area contributed by atoms with Crippen LogP contribution in [0.5, 0.6) is 0 Å². The molecular weight excluding hydrogens is 422 g/mol. The lowest BCUT2D eigenvalue weighted by atomic mass is 9.68. The van der Waals surface area contributed by atoms with Crippen LogP contribution in [-0.2, 0) is 19.3 Å². The molecule has 0 aliphatic heterocycles. The van der Waals surface area contributed by atoms with Crippen LogP contribution in [0.3, 0.4) is 0 Å². The number of hydrogen-bond donors (Lipinski definition) is 0. The van der Waals surface area contributed by atoms with Gasteiger partial charge in [0.15, 0.2) is 11.6 Å². The number of aryl methyl sites for hydroxylation is 3. The maximum absolute atomic E-state index is 14.5. The Morgan fingerprint density at radius 2 is 1.15 bits per heavy atom. The summed E-state index contributed by atoms with van der Waals surface area (Å²) in [6.07, 6.45) is 16.2. The van der Waals surface area contributed by atoms with Crippen LogP contribution in [0.4, 0.5) is 8.78 Å². The van der Waals surface area contributed by atoms with Crippen LogP contribution in [0.15, 0.2) is 36.4 Å². The molecule has 2 fully saturated rings. The first-order chi connectivity index (χ1) is 16.6. The number of hydrogen-bond acceptors (Lipinski definition) is 0. The Kier molecular flexibility index (Phi) is 9.20. The van der Waals surface area contributed by atoms with Gasteiger partial charge in [-0.15, -0.1) is 0 Å². The van der Waals surface area contributed by atoms with Gasteiger partial charge in [-0.25, -0.2) is 8.78 Å². The predicted octanol–water partition coefficient (Wildman–Crippen LogP) is 9.58. The molecule has 0 saturated heterocycles. The van der Waals surface area contributed by atoms with Gasteiger partial charge in [0.1, 0.15) is 0 Å². The molecule has 0 amide bonds. The summed E-state index contributed by atoms with van der Waals surface area (Å²) in [4.78, 5) is 0. The van der Waals surface area contributed by atoms with Crippen LogP contribution in [0.1, 0.15) is 113 Å². The highest BCUT2D eigenvalue weighted by molar-refractivity contribution is 5.27. The molecule has 0 bridgehead atoms. The van der Waals surface area contributed by atoms with Gasteiger partial charge in [0.05, 0.1) is 0 Å². The molecule has 0 atom stereocenters. The zero-order valence-corrected chi connectivity index (χ0v) is 21.4. The SMILES string of the molecule is CCCc1ccc(C2CCC(C3CCC(CCc4ccc(CCC)c(F)c4F)CC3)CC2)cc1. The summed E-state index contributed by atoms with van der Waals surface area (Å²) in [7, 11) is 0. The summed E-state index contributed by atoms with van der Waals surface area (Å²) in [5, 5.41) is 0. The Morgan fingerprint density at radius 1 is 0.618 bits per heavy atom. The molecule has 2 aliphatic carbocycles. The van der Waals surface area contributed by atoms with Gasteiger partial charge in [-0.1, -0.05) is 75.9 Å². The Bertz CT molecular complexity index is 884. The van der Waals surface area contributed by atoms with E-state index in [2.05, 4.69) is 31.2 Å². The fourth-order valence-corrected chi connectivity index (χ4v) is 6.76. The van der Waals surface area contributed by atoms with Crippen LogP contribution in [-0.4, -0.2) is 0 Å². The molecule has 0 aromatic heterocycles. The standard InChI is InChI=1S/C32H44F2/c1-3-5-23-7-12-25(13-8-23)27-17-19-28(20-18-27)26-14-9-24(10-15-26)11-16-30-22-21-29(6-4-2)31(33)32(30)34/h7-8,12-13,21-22,24,26-28H,3-6,9-11,14-20H2,1-2H3. The summed E-state index contributed by atoms with van der Waals surface area (Å²) in [5.74, 6) is 1.99. The van der Waals surface area contributed by atoms with Crippen molar-refractivity contribution >= 4 is 0 Å². The van der Waals surface area contributed by atoms with Gasteiger partial charge in [-0.2, -0.15) is 0 Å². The van der Waals surface area contributed by atoms with Crippen molar-refractivity contribution in [3.8, 4) is 0 Å². The van der Waals surface area contributed by atoms with Crippen LogP contribution < -0.4 is 0 Å². The fraction of sp³-hybridized carbons (Fsp3) is 0.625. The van der Waals surface area contributed by atoms with Gasteiger partial charge < -0.3 is 0 Å². The smallest absolute Gasteiger partial charge is 0.162 e. The third-order valence-corrected chi connectivity index (χ3v) is 8.90. The second-order valence-corrected chi connectivity index (χ2v) is 11.2. The lowest BCUT2D eigenvalue weighted by Crippen LogP contribution is -2.25. The molecule has 0 spiro atoms. The lowest BCUT2D eigenvalue weighted by molar-refractivity contribution is 0.157. The Morgan fingerprint density at radius 3 is 1.71 bits per heavy atom. The van der Waals surface area contributed by atoms with E-state index in [1.807, 2.05) is 13.0 Å². The van der Waals surface area contributed by atoms with Gasteiger partial charge in [-0.05, 0) is 110 Å². The van der Waals surface area contributed by atoms with Crippen molar-refractivity contribution in [2.75, 3.05) is 0 Å². The molecule has 2 saturated carbocycles. The summed E-state index contributed by atoms with van der Waals surface area (Å²) < 4.78 is 28.8. The van der Waals surface area contributed by atoms with Crippen molar-refractivity contribution in [1.29, 1.82) is 0 Å². The van der Waals surface area contributed by atoms with Crippen LogP contribution in [0.25, 0.3) is 0 Å². The first-order valence-corrected chi connectivity index (χ1v) is 14.1. The van der Waals surface area contributed by atoms with E-state index in [1.54, 1.807) is 11.6 Å². The van der Waals surface area contributed by atoms with Crippen molar-refractivity contribution in [1.82, 2.24) is 0 Å². The quantitative estimate of drug-likeness (QED) is 0.345. The highest BCUT2D eigenvalue weighted by Crippen LogP contribution is 2.44. The third-order valence-electron chi connectivity index (χ3n) is 8.90. The Hall–Kier alpha value is -1.70. The van der Waals surface area contributed by atoms with Crippen molar-refractivity contribution in [3.05, 3.63) is 70.3 Å². The molecule has 2 heteroatoms. The second kappa shape index (κ2) is 12.3. The van der Waals surface area contributed by atoms with Crippen molar-refractivity contribution in [2.24, 2.45) is 17.8 Å². The minimum absolute atomic E-state index is 0.521. The van der Waals surface area contributed by atoms with Crippen molar-refractivity contribution in [3.63, 3.8) is 0 Å². The average molecular weight is 467 g/mol. The molecule has 0 radical (unpaired) electrons. The van der Waals surface area contributed by atoms with Crippen LogP contribution in [0.2, 0.25) is 0 Å². The molecule has 34 heavy (non-hydrogen) atoms. The van der Waals surface area contributed by atoms with E-state index >= 15 is 0 Å². The molecule has 2 aromatic carbocycles. The minimum Gasteiger partial charge on any atom is -0.203 e. The number of benzene rings is 2. The molecule has 0 nitrogen and oxygen atoms in total. The first kappa shape index (κ1) is 25.4. The van der Waals surface area contributed by atoms with Gasteiger partial charge in [-0.3, -0.25) is 0 Å². The van der Waals surface area contributed by atoms with Gasteiger partial charge in [0, 0.05) is 0 Å². The van der Waals surface area contributed by atoms with Gasteiger partial charge in [0.2, 0.25) is 0 Å². The normalized spacial score (nSPS) is 25.4. The average Bonchev–Trinajstić information content (AvgIpc) is 2.88. The molecule has 0 unspecified atom stereocenters. The summed E-state index contributed by atoms with van der Waals surface area (Å²) >= 11 is 0. The summed E-state index contributed by atoms with van der Waals surface area (Å²) in [5.41, 5.74) is 4.11. The van der Waals surface area contributed by atoms with Crippen molar-refractivity contribution < 1.29 is 8.78 Å². The molecule has 2 aromatic rings. The molecular formula is C32H44F2. The molecule has 0 heterocycles. The van der Waals surface area contributed by atoms with Gasteiger partial charge >= 0.3 is 0 Å². The Labute approximate surface area is 206 Å². The van der Waals surface area contributed by atoms with E-state index in [9.17, 15) is 8.78 Å². The maximum Gasteiger partial charge on any atom is 0.162 e. The van der Waals surface area contributed by atoms with E-state index in [-0.39, 0.29) is 0 Å².